The number of hydrogen-bond donors (Lipinski definition) is 1. The van der Waals surface area contributed by atoms with E-state index in [2.05, 4.69) is 15.0 Å². The van der Waals surface area contributed by atoms with Crippen LogP contribution in [0.25, 0.3) is 0 Å². The van der Waals surface area contributed by atoms with Crippen LogP contribution in [0.2, 0.25) is 0 Å². The van der Waals surface area contributed by atoms with Crippen molar-refractivity contribution in [1.29, 1.82) is 0 Å². The molecule has 0 atom stereocenters. The van der Waals surface area contributed by atoms with Crippen molar-refractivity contribution in [3.8, 4) is 0 Å². The molecule has 0 radical (unpaired) electrons. The zero-order valence-corrected chi connectivity index (χ0v) is 12.3. The molecule has 1 aromatic carbocycles. The number of nitrogens with one attached hydrogen (secondary N) is 1. The molecule has 110 valence electrons. The first-order chi connectivity index (χ1) is 10.0. The number of carbonyl (C=O) groups is 1. The van der Waals surface area contributed by atoms with Gasteiger partial charge >= 0.3 is 5.97 Å². The Morgan fingerprint density at radius 3 is 2.86 bits per heavy atom. The van der Waals surface area contributed by atoms with Gasteiger partial charge in [-0.05, 0) is 19.1 Å². The number of nitro groups is 1. The molecular formula is C13H13N3O4S. The van der Waals surface area contributed by atoms with Crippen molar-refractivity contribution in [2.75, 3.05) is 12.4 Å². The monoisotopic (exact) mass is 307 g/mol. The van der Waals surface area contributed by atoms with Crippen molar-refractivity contribution in [3.05, 3.63) is 50.0 Å². The maximum atomic E-state index is 11.5. The summed E-state index contributed by atoms with van der Waals surface area (Å²) < 4.78 is 4.61. The summed E-state index contributed by atoms with van der Waals surface area (Å²) in [5.74, 6) is -0.543. The average Bonchev–Trinajstić information content (AvgIpc) is 2.89. The summed E-state index contributed by atoms with van der Waals surface area (Å²) in [5.41, 5.74) is 1.31. The summed E-state index contributed by atoms with van der Waals surface area (Å²) in [4.78, 5) is 26.3. The lowest BCUT2D eigenvalue weighted by Crippen LogP contribution is -2.06. The highest BCUT2D eigenvalue weighted by molar-refractivity contribution is 7.09. The third-order valence-electron chi connectivity index (χ3n) is 2.71. The van der Waals surface area contributed by atoms with Gasteiger partial charge in [-0.2, -0.15) is 0 Å². The maximum absolute atomic E-state index is 11.5. The van der Waals surface area contributed by atoms with Gasteiger partial charge in [-0.3, -0.25) is 10.1 Å². The van der Waals surface area contributed by atoms with Crippen LogP contribution in [0.15, 0.2) is 23.6 Å². The minimum Gasteiger partial charge on any atom is -0.465 e. The van der Waals surface area contributed by atoms with Crippen molar-refractivity contribution in [3.63, 3.8) is 0 Å². The molecule has 1 N–H and O–H groups in total. The maximum Gasteiger partial charge on any atom is 0.337 e. The standard InChI is InChI=1S/C13H13N3O4S/c1-8-7-21-12(15-8)6-14-10-5-9(13(17)20-2)3-4-11(10)16(18)19/h3-5,7,14H,6H2,1-2H3. The zero-order chi connectivity index (χ0) is 15.4. The second-order valence-electron chi connectivity index (χ2n) is 4.22. The van der Waals surface area contributed by atoms with Gasteiger partial charge in [-0.15, -0.1) is 11.3 Å². The number of benzene rings is 1. The van der Waals surface area contributed by atoms with Gasteiger partial charge in [0.1, 0.15) is 10.7 Å². The van der Waals surface area contributed by atoms with E-state index in [9.17, 15) is 14.9 Å². The molecule has 2 aromatic rings. The highest BCUT2D eigenvalue weighted by atomic mass is 32.1. The zero-order valence-electron chi connectivity index (χ0n) is 11.5. The molecule has 0 bridgehead atoms. The Balaban J connectivity index is 2.25. The summed E-state index contributed by atoms with van der Waals surface area (Å²) in [6.45, 7) is 2.23. The van der Waals surface area contributed by atoms with E-state index in [4.69, 9.17) is 0 Å². The largest absolute Gasteiger partial charge is 0.465 e. The van der Waals surface area contributed by atoms with Crippen LogP contribution in [0.3, 0.4) is 0 Å². The number of carbonyl (C=O) groups excluding carboxylic acids is 1. The van der Waals surface area contributed by atoms with E-state index in [0.717, 1.165) is 10.7 Å². The summed E-state index contributed by atoms with van der Waals surface area (Å²) in [6.07, 6.45) is 0. The highest BCUT2D eigenvalue weighted by Gasteiger charge is 2.17. The minimum atomic E-state index is -0.543. The number of thiazole rings is 1. The summed E-state index contributed by atoms with van der Waals surface area (Å²) >= 11 is 1.46. The SMILES string of the molecule is COC(=O)c1ccc([N+](=O)[O-])c(NCc2nc(C)cs2)c1. The van der Waals surface area contributed by atoms with E-state index >= 15 is 0 Å². The number of methoxy groups -OCH3 is 1. The van der Waals surface area contributed by atoms with Crippen LogP contribution >= 0.6 is 11.3 Å². The number of esters is 1. The van der Waals surface area contributed by atoms with Crippen molar-refractivity contribution < 1.29 is 14.5 Å². The number of hydrogen-bond acceptors (Lipinski definition) is 7. The smallest absolute Gasteiger partial charge is 0.337 e. The van der Waals surface area contributed by atoms with Crippen LogP contribution in [0, 0.1) is 17.0 Å². The summed E-state index contributed by atoms with van der Waals surface area (Å²) in [7, 11) is 1.26. The normalized spacial score (nSPS) is 10.2. The minimum absolute atomic E-state index is 0.101. The third kappa shape index (κ3) is 3.54. The number of nitrogens with zero attached hydrogens (tertiary/aromatic N) is 2. The van der Waals surface area contributed by atoms with Gasteiger partial charge < -0.3 is 10.1 Å². The van der Waals surface area contributed by atoms with Gasteiger partial charge in [0.15, 0.2) is 0 Å². The molecule has 0 unspecified atom stereocenters. The van der Waals surface area contributed by atoms with Gasteiger partial charge in [-0.1, -0.05) is 0 Å². The van der Waals surface area contributed by atoms with Crippen LogP contribution in [-0.4, -0.2) is 23.0 Å². The second-order valence-corrected chi connectivity index (χ2v) is 5.16. The van der Waals surface area contributed by atoms with Crippen LogP contribution < -0.4 is 5.32 Å². The lowest BCUT2D eigenvalue weighted by molar-refractivity contribution is -0.384. The van der Waals surface area contributed by atoms with E-state index in [0.29, 0.717) is 6.54 Å². The molecule has 0 spiro atoms. The summed E-state index contributed by atoms with van der Waals surface area (Å²) in [6, 6.07) is 4.05. The number of aryl methyl sites for hydroxylation is 1. The Labute approximate surface area is 124 Å². The Morgan fingerprint density at radius 2 is 2.29 bits per heavy atom. The molecule has 2 rings (SSSR count). The average molecular weight is 307 g/mol. The molecular weight excluding hydrogens is 294 g/mol. The van der Waals surface area contributed by atoms with Gasteiger partial charge in [-0.25, -0.2) is 9.78 Å². The van der Waals surface area contributed by atoms with Crippen LogP contribution in [0.1, 0.15) is 21.1 Å². The van der Waals surface area contributed by atoms with Crippen LogP contribution in [-0.2, 0) is 11.3 Å². The molecule has 0 amide bonds. The summed E-state index contributed by atoms with van der Waals surface area (Å²) in [5, 5.41) is 16.7. The fourth-order valence-electron chi connectivity index (χ4n) is 1.74. The third-order valence-corrected chi connectivity index (χ3v) is 3.68. The first-order valence-electron chi connectivity index (χ1n) is 6.03. The lowest BCUT2D eigenvalue weighted by Gasteiger charge is -2.07. The van der Waals surface area contributed by atoms with Gasteiger partial charge in [0.2, 0.25) is 0 Å². The van der Waals surface area contributed by atoms with Crippen molar-refractivity contribution in [2.45, 2.75) is 13.5 Å². The number of anilines is 1. The Kier molecular flexibility index (Phi) is 4.49. The van der Waals surface area contributed by atoms with E-state index in [1.807, 2.05) is 12.3 Å². The van der Waals surface area contributed by atoms with Crippen molar-refractivity contribution in [2.24, 2.45) is 0 Å². The van der Waals surface area contributed by atoms with E-state index in [-0.39, 0.29) is 16.9 Å². The Bertz CT molecular complexity index is 684. The van der Waals surface area contributed by atoms with Gasteiger partial charge in [0.05, 0.1) is 24.1 Å². The predicted octanol–water partition coefficient (Wildman–Crippen LogP) is 2.76. The molecule has 0 fully saturated rings. The highest BCUT2D eigenvalue weighted by Crippen LogP contribution is 2.26. The van der Waals surface area contributed by atoms with Gasteiger partial charge in [0.25, 0.3) is 5.69 Å². The molecule has 21 heavy (non-hydrogen) atoms. The van der Waals surface area contributed by atoms with Gasteiger partial charge in [0, 0.05) is 17.1 Å². The lowest BCUT2D eigenvalue weighted by atomic mass is 10.1. The molecule has 1 heterocycles. The molecule has 0 aliphatic carbocycles. The molecule has 1 aromatic heterocycles. The molecule has 0 saturated carbocycles. The number of aromatic nitrogens is 1. The molecule has 0 aliphatic heterocycles. The molecule has 8 heteroatoms. The quantitative estimate of drug-likeness (QED) is 0.518. The van der Waals surface area contributed by atoms with Crippen molar-refractivity contribution in [1.82, 2.24) is 4.98 Å². The second kappa shape index (κ2) is 6.31. The van der Waals surface area contributed by atoms with E-state index in [1.165, 1.54) is 36.6 Å². The number of ether oxygens (including phenoxy) is 1. The molecule has 7 nitrogen and oxygen atoms in total. The van der Waals surface area contributed by atoms with Crippen molar-refractivity contribution >= 4 is 28.7 Å². The number of nitro benzene ring substituents is 1. The first-order valence-corrected chi connectivity index (χ1v) is 6.91. The number of rotatable bonds is 5. The fourth-order valence-corrected chi connectivity index (χ4v) is 2.45. The van der Waals surface area contributed by atoms with Crippen LogP contribution in [0.4, 0.5) is 11.4 Å². The Hall–Kier alpha value is -2.48. The molecule has 0 saturated heterocycles. The topological polar surface area (TPSA) is 94.4 Å². The molecule has 0 aliphatic rings. The predicted molar refractivity (Wildman–Crippen MR) is 78.6 cm³/mol. The first kappa shape index (κ1) is 14.9. The van der Waals surface area contributed by atoms with Crippen LogP contribution in [0.5, 0.6) is 0 Å². The fraction of sp³-hybridized carbons (Fsp3) is 0.231. The Morgan fingerprint density at radius 1 is 1.52 bits per heavy atom. The van der Waals surface area contributed by atoms with E-state index in [1.54, 1.807) is 0 Å². The van der Waals surface area contributed by atoms with E-state index < -0.39 is 10.9 Å².